The molecule has 1 atom stereocenters. The Kier molecular flexibility index (Phi) is 5.80. The third-order valence-corrected chi connectivity index (χ3v) is 2.67. The molecule has 0 radical (unpaired) electrons. The molecular formula is C13H25NO4. The van der Waals surface area contributed by atoms with Crippen LogP contribution in [0.5, 0.6) is 0 Å². The molecule has 0 saturated carbocycles. The fourth-order valence-corrected chi connectivity index (χ4v) is 1.58. The van der Waals surface area contributed by atoms with Gasteiger partial charge in [0.2, 0.25) is 0 Å². The molecule has 5 nitrogen and oxygen atoms in total. The molecule has 0 aromatic heterocycles. The van der Waals surface area contributed by atoms with Crippen LogP contribution in [0.4, 0.5) is 0 Å². The Labute approximate surface area is 109 Å². The number of carbonyl (C=O) groups excluding carboxylic acids is 1. The van der Waals surface area contributed by atoms with Crippen molar-refractivity contribution in [2.75, 3.05) is 7.11 Å². The van der Waals surface area contributed by atoms with E-state index < -0.39 is 11.6 Å². The summed E-state index contributed by atoms with van der Waals surface area (Å²) in [5, 5.41) is 11.6. The largest absolute Gasteiger partial charge is 0.481 e. The maximum absolute atomic E-state index is 11.9. The molecule has 18 heavy (non-hydrogen) atoms. The second kappa shape index (κ2) is 6.18. The highest BCUT2D eigenvalue weighted by atomic mass is 16.5. The summed E-state index contributed by atoms with van der Waals surface area (Å²) in [7, 11) is 1.45. The molecule has 0 aromatic carbocycles. The van der Waals surface area contributed by atoms with E-state index >= 15 is 0 Å². The number of amides is 1. The Morgan fingerprint density at radius 1 is 1.22 bits per heavy atom. The van der Waals surface area contributed by atoms with Crippen molar-refractivity contribution < 1.29 is 19.4 Å². The van der Waals surface area contributed by atoms with Crippen molar-refractivity contribution in [2.45, 2.75) is 59.1 Å². The first-order valence-electron chi connectivity index (χ1n) is 6.06. The summed E-state index contributed by atoms with van der Waals surface area (Å²) < 4.78 is 5.08. The zero-order valence-electron chi connectivity index (χ0n) is 12.2. The van der Waals surface area contributed by atoms with Crippen molar-refractivity contribution in [3.05, 3.63) is 0 Å². The van der Waals surface area contributed by atoms with Crippen LogP contribution in [-0.4, -0.2) is 35.7 Å². The van der Waals surface area contributed by atoms with E-state index in [2.05, 4.69) is 5.32 Å². The molecule has 106 valence electrons. The van der Waals surface area contributed by atoms with Crippen LogP contribution in [0.3, 0.4) is 0 Å². The Balaban J connectivity index is 4.69. The van der Waals surface area contributed by atoms with Gasteiger partial charge in [-0.1, -0.05) is 20.8 Å². The number of methoxy groups -OCH3 is 1. The maximum atomic E-state index is 11.9. The minimum absolute atomic E-state index is 0.0510. The van der Waals surface area contributed by atoms with Gasteiger partial charge in [-0.3, -0.25) is 9.59 Å². The third-order valence-electron chi connectivity index (χ3n) is 2.67. The average molecular weight is 259 g/mol. The van der Waals surface area contributed by atoms with Crippen LogP contribution in [-0.2, 0) is 14.3 Å². The number of carboxylic acid groups (broad SMARTS) is 1. The summed E-state index contributed by atoms with van der Waals surface area (Å²) in [5.41, 5.74) is -1.00. The van der Waals surface area contributed by atoms with Crippen LogP contribution in [0.1, 0.15) is 47.5 Å². The van der Waals surface area contributed by atoms with E-state index in [-0.39, 0.29) is 23.8 Å². The van der Waals surface area contributed by atoms with Crippen molar-refractivity contribution in [1.82, 2.24) is 5.32 Å². The van der Waals surface area contributed by atoms with Crippen molar-refractivity contribution in [1.29, 1.82) is 0 Å². The van der Waals surface area contributed by atoms with Crippen molar-refractivity contribution in [2.24, 2.45) is 5.41 Å². The number of hydrogen-bond donors (Lipinski definition) is 2. The van der Waals surface area contributed by atoms with E-state index in [1.54, 1.807) is 13.8 Å². The smallest absolute Gasteiger partial charge is 0.305 e. The first kappa shape index (κ1) is 16.9. The molecule has 1 amide bonds. The zero-order chi connectivity index (χ0) is 14.6. The van der Waals surface area contributed by atoms with Gasteiger partial charge in [-0.2, -0.15) is 0 Å². The number of rotatable bonds is 6. The Hall–Kier alpha value is -1.10. The molecule has 0 aliphatic heterocycles. The van der Waals surface area contributed by atoms with Crippen molar-refractivity contribution >= 4 is 11.9 Å². The molecule has 0 bridgehead atoms. The standard InChI is InChI=1S/C13H25NO4/c1-12(2,3)8-9(7-10(15)16)14-11(17)13(4,5)18-6/h9H,7-8H2,1-6H3,(H,14,17)(H,15,16). The molecule has 0 aliphatic carbocycles. The second-order valence-electron chi connectivity index (χ2n) is 6.25. The average Bonchev–Trinajstić information content (AvgIpc) is 2.13. The predicted octanol–water partition coefficient (Wildman–Crippen LogP) is 1.81. The normalized spacial score (nSPS) is 14.1. The van der Waals surface area contributed by atoms with E-state index in [9.17, 15) is 9.59 Å². The quantitative estimate of drug-likeness (QED) is 0.762. The lowest BCUT2D eigenvalue weighted by Gasteiger charge is -2.29. The molecule has 0 aliphatic rings. The van der Waals surface area contributed by atoms with Gasteiger partial charge in [0.1, 0.15) is 5.60 Å². The summed E-state index contributed by atoms with van der Waals surface area (Å²) in [4.78, 5) is 22.8. The molecule has 5 heteroatoms. The topological polar surface area (TPSA) is 75.6 Å². The lowest BCUT2D eigenvalue weighted by molar-refractivity contribution is -0.142. The number of carboxylic acids is 1. The van der Waals surface area contributed by atoms with Gasteiger partial charge in [-0.25, -0.2) is 0 Å². The zero-order valence-corrected chi connectivity index (χ0v) is 12.2. The SMILES string of the molecule is COC(C)(C)C(=O)NC(CC(=O)O)CC(C)(C)C. The number of aliphatic carboxylic acids is 1. The highest BCUT2D eigenvalue weighted by molar-refractivity contribution is 5.85. The molecule has 0 aromatic rings. The van der Waals surface area contributed by atoms with Gasteiger partial charge < -0.3 is 15.2 Å². The van der Waals surface area contributed by atoms with Gasteiger partial charge in [-0.05, 0) is 25.7 Å². The Bertz CT molecular complexity index is 305. The van der Waals surface area contributed by atoms with Gasteiger partial charge in [-0.15, -0.1) is 0 Å². The molecular weight excluding hydrogens is 234 g/mol. The van der Waals surface area contributed by atoms with Gasteiger partial charge >= 0.3 is 5.97 Å². The van der Waals surface area contributed by atoms with Crippen molar-refractivity contribution in [3.63, 3.8) is 0 Å². The molecule has 0 saturated heterocycles. The lowest BCUT2D eigenvalue weighted by Crippen LogP contribution is -2.49. The Morgan fingerprint density at radius 2 is 1.72 bits per heavy atom. The van der Waals surface area contributed by atoms with Crippen LogP contribution >= 0.6 is 0 Å². The van der Waals surface area contributed by atoms with Gasteiger partial charge in [0.25, 0.3) is 5.91 Å². The van der Waals surface area contributed by atoms with Crippen LogP contribution in [0.25, 0.3) is 0 Å². The first-order chi connectivity index (χ1) is 7.98. The first-order valence-corrected chi connectivity index (χ1v) is 6.06. The maximum Gasteiger partial charge on any atom is 0.305 e. The van der Waals surface area contributed by atoms with Crippen LogP contribution in [0, 0.1) is 5.41 Å². The minimum Gasteiger partial charge on any atom is -0.481 e. The van der Waals surface area contributed by atoms with E-state index in [1.165, 1.54) is 7.11 Å². The highest BCUT2D eigenvalue weighted by Crippen LogP contribution is 2.22. The number of nitrogens with one attached hydrogen (secondary N) is 1. The van der Waals surface area contributed by atoms with Crippen LogP contribution in [0.2, 0.25) is 0 Å². The van der Waals surface area contributed by atoms with E-state index in [0.717, 1.165) is 0 Å². The fraction of sp³-hybridized carbons (Fsp3) is 0.846. The van der Waals surface area contributed by atoms with Crippen LogP contribution < -0.4 is 5.32 Å². The number of ether oxygens (including phenoxy) is 1. The summed E-state index contributed by atoms with van der Waals surface area (Å²) in [6.07, 6.45) is 0.521. The summed E-state index contributed by atoms with van der Waals surface area (Å²) in [5.74, 6) is -1.21. The van der Waals surface area contributed by atoms with Gasteiger partial charge in [0.05, 0.1) is 6.42 Å². The molecule has 0 heterocycles. The van der Waals surface area contributed by atoms with E-state index in [4.69, 9.17) is 9.84 Å². The summed E-state index contributed by atoms with van der Waals surface area (Å²) >= 11 is 0. The highest BCUT2D eigenvalue weighted by Gasteiger charge is 2.31. The Morgan fingerprint density at radius 3 is 2.06 bits per heavy atom. The number of carbonyl (C=O) groups is 2. The van der Waals surface area contributed by atoms with E-state index in [0.29, 0.717) is 6.42 Å². The van der Waals surface area contributed by atoms with Crippen LogP contribution in [0.15, 0.2) is 0 Å². The fourth-order valence-electron chi connectivity index (χ4n) is 1.58. The summed E-state index contributed by atoms with van der Waals surface area (Å²) in [6, 6.07) is -0.385. The monoisotopic (exact) mass is 259 g/mol. The third kappa shape index (κ3) is 6.59. The minimum atomic E-state index is -0.950. The predicted molar refractivity (Wildman–Crippen MR) is 69.3 cm³/mol. The van der Waals surface area contributed by atoms with Crippen molar-refractivity contribution in [3.8, 4) is 0 Å². The summed E-state index contributed by atoms with van der Waals surface area (Å²) in [6.45, 7) is 9.33. The molecule has 1 unspecified atom stereocenters. The van der Waals surface area contributed by atoms with Gasteiger partial charge in [0, 0.05) is 13.2 Å². The second-order valence-corrected chi connectivity index (χ2v) is 6.25. The lowest BCUT2D eigenvalue weighted by atomic mass is 9.86. The molecule has 0 rings (SSSR count). The molecule has 0 fully saturated rings. The van der Waals surface area contributed by atoms with E-state index in [1.807, 2.05) is 20.8 Å². The molecule has 0 spiro atoms. The number of hydrogen-bond acceptors (Lipinski definition) is 3. The van der Waals surface area contributed by atoms with Gasteiger partial charge in [0.15, 0.2) is 0 Å². The molecule has 2 N–H and O–H groups in total.